The lowest BCUT2D eigenvalue weighted by Crippen LogP contribution is -2.50. The molecule has 9 heteroatoms. The van der Waals surface area contributed by atoms with Gasteiger partial charge in [0, 0.05) is 24.3 Å². The molecule has 2 aromatic heterocycles. The fraction of sp³-hybridized carbons (Fsp3) is 0.538. The van der Waals surface area contributed by atoms with Crippen LogP contribution in [0.2, 0.25) is 0 Å². The Balaban J connectivity index is 1.44. The zero-order chi connectivity index (χ0) is 24.7. The van der Waals surface area contributed by atoms with Gasteiger partial charge in [-0.15, -0.1) is 0 Å². The highest BCUT2D eigenvalue weighted by molar-refractivity contribution is 5.76. The van der Waals surface area contributed by atoms with E-state index in [0.29, 0.717) is 31.2 Å². The molecule has 2 aliphatic rings. The molecule has 1 fully saturated rings. The third-order valence-electron chi connectivity index (χ3n) is 7.40. The lowest BCUT2D eigenvalue weighted by molar-refractivity contribution is -0.121. The molecule has 1 aromatic carbocycles. The maximum absolute atomic E-state index is 11.6. The molecule has 0 spiro atoms. The van der Waals surface area contributed by atoms with E-state index in [2.05, 4.69) is 65.4 Å². The van der Waals surface area contributed by atoms with Crippen molar-refractivity contribution in [3.63, 3.8) is 0 Å². The van der Waals surface area contributed by atoms with Gasteiger partial charge in [-0.3, -0.25) is 9.69 Å². The average molecular weight is 478 g/mol. The minimum absolute atomic E-state index is 0.205. The lowest BCUT2D eigenvalue weighted by Gasteiger charge is -2.43. The third-order valence-corrected chi connectivity index (χ3v) is 7.40. The summed E-state index contributed by atoms with van der Waals surface area (Å²) in [5.74, 6) is 2.71. The number of aromatic nitrogens is 5. The molecule has 0 bridgehead atoms. The number of fused-ring (bicyclic) bond motifs is 3. The number of likely N-dealkylation sites (tertiary alicyclic amines) is 1. The Labute approximate surface area is 206 Å². The summed E-state index contributed by atoms with van der Waals surface area (Å²) in [6.45, 7) is 10.2. The maximum Gasteiger partial charge on any atom is 0.231 e. The van der Waals surface area contributed by atoms with Crippen molar-refractivity contribution in [3.8, 4) is 28.7 Å². The van der Waals surface area contributed by atoms with Crippen LogP contribution in [0, 0.1) is 0 Å². The van der Waals surface area contributed by atoms with Crippen molar-refractivity contribution < 1.29 is 9.53 Å². The molecule has 0 radical (unpaired) electrons. The molecule has 186 valence electrons. The van der Waals surface area contributed by atoms with Crippen LogP contribution in [-0.4, -0.2) is 60.4 Å². The third kappa shape index (κ3) is 4.45. The standard InChI is InChI=1S/C26H35N7O2/c1-5-20-11-19(10-17(4)32(20)14-24(27)34)18-6-7-21-23(12-18)35-9-8-31-13-22(30-25(21)31)26-28-15-29-33(26)16(2)3/h6-7,12-13,15-17,19-20H,5,8-11,14H2,1-4H3,(H2,27,34)/t17-,19-,20+/m1/s1. The number of amides is 1. The van der Waals surface area contributed by atoms with Crippen molar-refractivity contribution >= 4 is 5.91 Å². The van der Waals surface area contributed by atoms with Gasteiger partial charge in [0.25, 0.3) is 0 Å². The van der Waals surface area contributed by atoms with Crippen LogP contribution in [0.15, 0.2) is 30.7 Å². The average Bonchev–Trinajstić information content (AvgIpc) is 3.44. The predicted molar refractivity (Wildman–Crippen MR) is 134 cm³/mol. The van der Waals surface area contributed by atoms with E-state index in [-0.39, 0.29) is 11.9 Å². The zero-order valence-electron chi connectivity index (χ0n) is 21.0. The van der Waals surface area contributed by atoms with Gasteiger partial charge < -0.3 is 15.0 Å². The number of hydrogen-bond donors (Lipinski definition) is 1. The first-order chi connectivity index (χ1) is 16.9. The summed E-state index contributed by atoms with van der Waals surface area (Å²) in [6, 6.07) is 7.41. The Morgan fingerprint density at radius 3 is 2.83 bits per heavy atom. The van der Waals surface area contributed by atoms with Crippen LogP contribution in [-0.2, 0) is 11.3 Å². The molecule has 2 N–H and O–H groups in total. The topological polar surface area (TPSA) is 104 Å². The van der Waals surface area contributed by atoms with Crippen molar-refractivity contribution in [2.24, 2.45) is 5.73 Å². The highest BCUT2D eigenvalue weighted by Gasteiger charge is 2.34. The number of rotatable bonds is 6. The van der Waals surface area contributed by atoms with E-state index in [0.717, 1.165) is 54.5 Å². The van der Waals surface area contributed by atoms with Crippen LogP contribution in [0.3, 0.4) is 0 Å². The number of primary amides is 1. The van der Waals surface area contributed by atoms with Gasteiger partial charge in [-0.05, 0) is 63.6 Å². The second-order valence-corrected chi connectivity index (χ2v) is 10.1. The summed E-state index contributed by atoms with van der Waals surface area (Å²) >= 11 is 0. The maximum atomic E-state index is 11.6. The Bertz CT molecular complexity index is 1210. The van der Waals surface area contributed by atoms with Crippen molar-refractivity contribution in [1.82, 2.24) is 29.2 Å². The van der Waals surface area contributed by atoms with E-state index in [1.807, 2.05) is 10.9 Å². The summed E-state index contributed by atoms with van der Waals surface area (Å²) in [5, 5.41) is 4.37. The van der Waals surface area contributed by atoms with Crippen molar-refractivity contribution in [2.45, 2.75) is 77.5 Å². The summed E-state index contributed by atoms with van der Waals surface area (Å²) in [4.78, 5) is 23.3. The van der Waals surface area contributed by atoms with E-state index >= 15 is 0 Å². The Morgan fingerprint density at radius 2 is 2.09 bits per heavy atom. The Kier molecular flexibility index (Phi) is 6.35. The molecule has 3 atom stereocenters. The Hall–Kier alpha value is -3.20. The number of benzene rings is 1. The summed E-state index contributed by atoms with van der Waals surface area (Å²) < 4.78 is 10.3. The van der Waals surface area contributed by atoms with Crippen molar-refractivity contribution in [3.05, 3.63) is 36.3 Å². The zero-order valence-corrected chi connectivity index (χ0v) is 21.0. The number of carbonyl (C=O) groups excluding carboxylic acids is 1. The summed E-state index contributed by atoms with van der Waals surface area (Å²) in [5.41, 5.74) is 8.63. The first kappa shape index (κ1) is 23.5. The molecule has 4 heterocycles. The molecular formula is C26H35N7O2. The molecule has 0 aliphatic carbocycles. The molecule has 35 heavy (non-hydrogen) atoms. The molecule has 2 aliphatic heterocycles. The first-order valence-corrected chi connectivity index (χ1v) is 12.6. The van der Waals surface area contributed by atoms with Crippen LogP contribution in [0.4, 0.5) is 0 Å². The fourth-order valence-corrected chi connectivity index (χ4v) is 5.68. The Morgan fingerprint density at radius 1 is 1.26 bits per heavy atom. The minimum Gasteiger partial charge on any atom is -0.491 e. The molecule has 5 rings (SSSR count). The fourth-order valence-electron chi connectivity index (χ4n) is 5.68. The van der Waals surface area contributed by atoms with Crippen molar-refractivity contribution in [1.29, 1.82) is 0 Å². The van der Waals surface area contributed by atoms with Crippen LogP contribution in [0.5, 0.6) is 5.75 Å². The van der Waals surface area contributed by atoms with Gasteiger partial charge in [-0.1, -0.05) is 13.0 Å². The largest absolute Gasteiger partial charge is 0.491 e. The molecule has 1 amide bonds. The number of carbonyl (C=O) groups is 1. The quantitative estimate of drug-likeness (QED) is 0.582. The van der Waals surface area contributed by atoms with E-state index in [1.165, 1.54) is 5.56 Å². The van der Waals surface area contributed by atoms with Gasteiger partial charge in [-0.2, -0.15) is 5.10 Å². The van der Waals surface area contributed by atoms with Crippen LogP contribution >= 0.6 is 0 Å². The lowest BCUT2D eigenvalue weighted by atomic mass is 9.81. The number of imidazole rings is 1. The molecule has 3 aromatic rings. The van der Waals surface area contributed by atoms with Crippen LogP contribution in [0.1, 0.15) is 64.5 Å². The molecular weight excluding hydrogens is 442 g/mol. The van der Waals surface area contributed by atoms with Crippen LogP contribution < -0.4 is 10.5 Å². The smallest absolute Gasteiger partial charge is 0.231 e. The monoisotopic (exact) mass is 477 g/mol. The van der Waals surface area contributed by atoms with Gasteiger partial charge in [-0.25, -0.2) is 14.6 Å². The number of hydrogen-bond acceptors (Lipinski definition) is 6. The molecule has 0 unspecified atom stereocenters. The summed E-state index contributed by atoms with van der Waals surface area (Å²) in [6.07, 6.45) is 6.63. The highest BCUT2D eigenvalue weighted by atomic mass is 16.5. The number of ether oxygens (including phenoxy) is 1. The molecule has 1 saturated heterocycles. The number of piperidine rings is 1. The van der Waals surface area contributed by atoms with E-state index < -0.39 is 0 Å². The number of nitrogens with zero attached hydrogens (tertiary/aromatic N) is 6. The van der Waals surface area contributed by atoms with E-state index in [9.17, 15) is 4.79 Å². The second kappa shape index (κ2) is 9.45. The van der Waals surface area contributed by atoms with E-state index in [4.69, 9.17) is 15.5 Å². The SMILES string of the molecule is CC[C@H]1C[C@H](c2ccc3c(c2)OCCn2cc(-c4ncnn4C(C)C)nc2-3)C[C@@H](C)N1CC(N)=O. The van der Waals surface area contributed by atoms with Crippen molar-refractivity contribution in [2.75, 3.05) is 13.2 Å². The number of nitrogens with two attached hydrogens (primary N) is 1. The van der Waals surface area contributed by atoms with Gasteiger partial charge in [0.2, 0.25) is 5.91 Å². The molecule has 9 nitrogen and oxygen atoms in total. The van der Waals surface area contributed by atoms with Gasteiger partial charge in [0.1, 0.15) is 30.2 Å². The van der Waals surface area contributed by atoms with Gasteiger partial charge in [0.15, 0.2) is 5.82 Å². The second-order valence-electron chi connectivity index (χ2n) is 10.1. The van der Waals surface area contributed by atoms with Gasteiger partial charge >= 0.3 is 0 Å². The normalized spacial score (nSPS) is 22.4. The van der Waals surface area contributed by atoms with E-state index in [1.54, 1.807) is 6.33 Å². The summed E-state index contributed by atoms with van der Waals surface area (Å²) in [7, 11) is 0. The predicted octanol–water partition coefficient (Wildman–Crippen LogP) is 3.61. The highest BCUT2D eigenvalue weighted by Crippen LogP contribution is 2.40. The van der Waals surface area contributed by atoms with Crippen LogP contribution in [0.25, 0.3) is 22.9 Å². The van der Waals surface area contributed by atoms with Gasteiger partial charge in [0.05, 0.1) is 18.7 Å². The molecule has 0 saturated carbocycles. The minimum atomic E-state index is -0.256. The first-order valence-electron chi connectivity index (χ1n) is 12.6.